The van der Waals surface area contributed by atoms with Crippen LogP contribution in [0.1, 0.15) is 0 Å². The third-order valence-corrected chi connectivity index (χ3v) is 2.72. The van der Waals surface area contributed by atoms with Crippen LogP contribution in [0, 0.1) is 0 Å². The lowest BCUT2D eigenvalue weighted by Crippen LogP contribution is -2.56. The molecule has 0 amide bonds. The van der Waals surface area contributed by atoms with E-state index in [0.29, 0.717) is 0 Å². The Balaban J connectivity index is 2.10. The highest BCUT2D eigenvalue weighted by molar-refractivity contribution is 5.87. The van der Waals surface area contributed by atoms with Gasteiger partial charge in [-0.3, -0.25) is 4.68 Å². The van der Waals surface area contributed by atoms with Crippen molar-refractivity contribution in [2.75, 3.05) is 18.0 Å². The molecular weight excluding hydrogens is 192 g/mol. The molecule has 0 saturated carbocycles. The van der Waals surface area contributed by atoms with E-state index in [4.69, 9.17) is 5.73 Å². The van der Waals surface area contributed by atoms with Gasteiger partial charge >= 0.3 is 0 Å². The van der Waals surface area contributed by atoms with Crippen molar-refractivity contribution in [2.24, 2.45) is 12.8 Å². The van der Waals surface area contributed by atoms with Crippen LogP contribution in [0.2, 0.25) is 0 Å². The van der Waals surface area contributed by atoms with E-state index in [9.17, 15) is 0 Å². The zero-order chi connectivity index (χ0) is 10.4. The van der Waals surface area contributed by atoms with Crippen LogP contribution in [0.25, 0.3) is 11.0 Å². The smallest absolute Gasteiger partial charge is 0.163 e. The van der Waals surface area contributed by atoms with E-state index in [1.807, 2.05) is 7.05 Å². The standard InChI is InChI=1S/C9H12N6/c1-14-8-7(2-13-14)9(12-5-11-8)15-3-6(10)4-15/h2,5-6H,3-4,10H2,1H3. The third-order valence-electron chi connectivity index (χ3n) is 2.72. The van der Waals surface area contributed by atoms with Crippen LogP contribution < -0.4 is 10.6 Å². The highest BCUT2D eigenvalue weighted by Gasteiger charge is 2.26. The van der Waals surface area contributed by atoms with E-state index in [1.165, 1.54) is 0 Å². The second-order valence-electron chi connectivity index (χ2n) is 3.87. The van der Waals surface area contributed by atoms with Crippen LogP contribution in [0.15, 0.2) is 12.5 Å². The van der Waals surface area contributed by atoms with Gasteiger partial charge in [0.25, 0.3) is 0 Å². The molecule has 2 aromatic heterocycles. The summed E-state index contributed by atoms with van der Waals surface area (Å²) in [6.45, 7) is 1.72. The van der Waals surface area contributed by atoms with Crippen molar-refractivity contribution in [1.29, 1.82) is 0 Å². The van der Waals surface area contributed by atoms with E-state index in [0.717, 1.165) is 29.9 Å². The summed E-state index contributed by atoms with van der Waals surface area (Å²) in [5.74, 6) is 0.940. The molecule has 0 atom stereocenters. The Hall–Kier alpha value is -1.69. The normalized spacial score (nSPS) is 17.1. The quantitative estimate of drug-likeness (QED) is 0.678. The van der Waals surface area contributed by atoms with Crippen molar-refractivity contribution in [2.45, 2.75) is 6.04 Å². The van der Waals surface area contributed by atoms with Crippen molar-refractivity contribution < 1.29 is 0 Å². The highest BCUT2D eigenvalue weighted by atomic mass is 15.3. The molecule has 0 unspecified atom stereocenters. The first-order chi connectivity index (χ1) is 7.25. The Morgan fingerprint density at radius 3 is 2.93 bits per heavy atom. The second kappa shape index (κ2) is 2.90. The molecule has 0 bridgehead atoms. The monoisotopic (exact) mass is 204 g/mol. The Kier molecular flexibility index (Phi) is 1.66. The number of aromatic nitrogens is 4. The Bertz CT molecular complexity index is 498. The molecule has 6 heteroatoms. The summed E-state index contributed by atoms with van der Waals surface area (Å²) in [5.41, 5.74) is 6.61. The first-order valence-electron chi connectivity index (χ1n) is 4.89. The Labute approximate surface area is 86.7 Å². The molecule has 15 heavy (non-hydrogen) atoms. The van der Waals surface area contributed by atoms with E-state index >= 15 is 0 Å². The van der Waals surface area contributed by atoms with Gasteiger partial charge in [-0.25, -0.2) is 9.97 Å². The molecule has 0 aromatic carbocycles. The molecule has 0 aliphatic carbocycles. The van der Waals surface area contributed by atoms with Crippen molar-refractivity contribution in [1.82, 2.24) is 19.7 Å². The van der Waals surface area contributed by atoms with Crippen molar-refractivity contribution in [3.63, 3.8) is 0 Å². The van der Waals surface area contributed by atoms with Crippen LogP contribution in [0.4, 0.5) is 5.82 Å². The van der Waals surface area contributed by atoms with Gasteiger partial charge in [0.15, 0.2) is 5.65 Å². The summed E-state index contributed by atoms with van der Waals surface area (Å²) in [7, 11) is 1.88. The van der Waals surface area contributed by atoms with Crippen LogP contribution in [0.3, 0.4) is 0 Å². The summed E-state index contributed by atoms with van der Waals surface area (Å²) in [5, 5.41) is 5.16. The molecule has 1 aliphatic heterocycles. The molecule has 78 valence electrons. The summed E-state index contributed by atoms with van der Waals surface area (Å²) < 4.78 is 1.75. The number of rotatable bonds is 1. The minimum absolute atomic E-state index is 0.270. The maximum atomic E-state index is 5.75. The minimum atomic E-state index is 0.270. The molecule has 2 N–H and O–H groups in total. The maximum Gasteiger partial charge on any atom is 0.163 e. The van der Waals surface area contributed by atoms with Crippen molar-refractivity contribution in [3.05, 3.63) is 12.5 Å². The fraction of sp³-hybridized carbons (Fsp3) is 0.444. The lowest BCUT2D eigenvalue weighted by atomic mass is 10.1. The fourth-order valence-corrected chi connectivity index (χ4v) is 1.89. The molecular formula is C9H12N6. The van der Waals surface area contributed by atoms with Gasteiger partial charge < -0.3 is 10.6 Å². The molecule has 1 aliphatic rings. The molecule has 2 aromatic rings. The number of nitrogens with zero attached hydrogens (tertiary/aromatic N) is 5. The Morgan fingerprint density at radius 2 is 2.20 bits per heavy atom. The van der Waals surface area contributed by atoms with E-state index in [2.05, 4.69) is 20.0 Å². The lowest BCUT2D eigenvalue weighted by molar-refractivity contribution is 0.516. The highest BCUT2D eigenvalue weighted by Crippen LogP contribution is 2.25. The van der Waals surface area contributed by atoms with Gasteiger partial charge in [-0.05, 0) is 0 Å². The summed E-state index contributed by atoms with van der Waals surface area (Å²) >= 11 is 0. The molecule has 1 saturated heterocycles. The molecule has 3 rings (SSSR count). The zero-order valence-corrected chi connectivity index (χ0v) is 8.46. The number of hydrogen-bond acceptors (Lipinski definition) is 5. The van der Waals surface area contributed by atoms with E-state index in [1.54, 1.807) is 17.2 Å². The Morgan fingerprint density at radius 1 is 1.40 bits per heavy atom. The van der Waals surface area contributed by atoms with Crippen LogP contribution in [-0.2, 0) is 7.05 Å². The predicted octanol–water partition coefficient (Wildman–Crippen LogP) is -0.489. The van der Waals surface area contributed by atoms with Gasteiger partial charge in [0.05, 0.1) is 11.6 Å². The molecule has 0 radical (unpaired) electrons. The zero-order valence-electron chi connectivity index (χ0n) is 8.46. The predicted molar refractivity (Wildman–Crippen MR) is 56.5 cm³/mol. The van der Waals surface area contributed by atoms with Crippen LogP contribution in [-0.4, -0.2) is 38.9 Å². The van der Waals surface area contributed by atoms with Gasteiger partial charge in [0.1, 0.15) is 12.1 Å². The van der Waals surface area contributed by atoms with Gasteiger partial charge in [-0.2, -0.15) is 5.10 Å². The summed E-state index contributed by atoms with van der Waals surface area (Å²) in [6.07, 6.45) is 3.37. The van der Waals surface area contributed by atoms with Gasteiger partial charge in [0, 0.05) is 26.2 Å². The maximum absolute atomic E-state index is 5.75. The summed E-state index contributed by atoms with van der Waals surface area (Å²) in [6, 6.07) is 0.270. The second-order valence-corrected chi connectivity index (χ2v) is 3.87. The largest absolute Gasteiger partial charge is 0.353 e. The van der Waals surface area contributed by atoms with Gasteiger partial charge in [-0.15, -0.1) is 0 Å². The average molecular weight is 204 g/mol. The first-order valence-corrected chi connectivity index (χ1v) is 4.89. The van der Waals surface area contributed by atoms with Crippen molar-refractivity contribution >= 4 is 16.9 Å². The van der Waals surface area contributed by atoms with E-state index in [-0.39, 0.29) is 6.04 Å². The van der Waals surface area contributed by atoms with E-state index < -0.39 is 0 Å². The van der Waals surface area contributed by atoms with Crippen LogP contribution >= 0.6 is 0 Å². The molecule has 6 nitrogen and oxygen atoms in total. The molecule has 0 spiro atoms. The first kappa shape index (κ1) is 8.60. The van der Waals surface area contributed by atoms with Gasteiger partial charge in [-0.1, -0.05) is 0 Å². The summed E-state index contributed by atoms with van der Waals surface area (Å²) in [4.78, 5) is 10.6. The molecule has 3 heterocycles. The SMILES string of the molecule is Cn1ncc2c(N3CC(N)C3)ncnc21. The number of aryl methyl sites for hydroxylation is 1. The minimum Gasteiger partial charge on any atom is -0.353 e. The molecule has 1 fully saturated rings. The van der Waals surface area contributed by atoms with Crippen molar-refractivity contribution in [3.8, 4) is 0 Å². The fourth-order valence-electron chi connectivity index (χ4n) is 1.89. The van der Waals surface area contributed by atoms with Crippen LogP contribution in [0.5, 0.6) is 0 Å². The van der Waals surface area contributed by atoms with Gasteiger partial charge in [0.2, 0.25) is 0 Å². The number of anilines is 1. The lowest BCUT2D eigenvalue weighted by Gasteiger charge is -2.37. The number of nitrogens with two attached hydrogens (primary N) is 1. The third kappa shape index (κ3) is 1.18. The number of hydrogen-bond donors (Lipinski definition) is 1. The topological polar surface area (TPSA) is 72.9 Å². The average Bonchev–Trinajstić information content (AvgIpc) is 2.56. The number of fused-ring (bicyclic) bond motifs is 1.